The molecule has 0 radical (unpaired) electrons. The zero-order chi connectivity index (χ0) is 27.7. The van der Waals surface area contributed by atoms with Crippen molar-refractivity contribution in [1.29, 1.82) is 0 Å². The molecule has 5 N–H and O–H groups in total. The molecule has 212 valence electrons. The van der Waals surface area contributed by atoms with Crippen LogP contribution < -0.4 is 26.1 Å². The van der Waals surface area contributed by atoms with E-state index >= 15 is 8.78 Å². The van der Waals surface area contributed by atoms with Gasteiger partial charge < -0.3 is 35.5 Å². The summed E-state index contributed by atoms with van der Waals surface area (Å²) in [6.45, 7) is -0.166. The van der Waals surface area contributed by atoms with E-state index in [4.69, 9.17) is 15.6 Å². The lowest BCUT2D eigenvalue weighted by Crippen LogP contribution is -2.42. The second-order valence-electron chi connectivity index (χ2n) is 9.41. The highest BCUT2D eigenvalue weighted by Crippen LogP contribution is 2.44. The Bertz CT molecular complexity index is 1410. The number of benzene rings is 1. The molecule has 0 bridgehead atoms. The lowest BCUT2D eigenvalue weighted by Gasteiger charge is -2.33. The van der Waals surface area contributed by atoms with Crippen molar-refractivity contribution in [2.45, 2.75) is 44.2 Å². The van der Waals surface area contributed by atoms with Gasteiger partial charge in [-0.3, -0.25) is 14.4 Å². The highest BCUT2D eigenvalue weighted by atomic mass is 35.5. The number of ether oxygens (including phenoxy) is 1. The van der Waals surface area contributed by atoms with Crippen molar-refractivity contribution in [3.8, 4) is 5.75 Å². The van der Waals surface area contributed by atoms with E-state index in [0.717, 1.165) is 18.9 Å². The minimum absolute atomic E-state index is 0. The number of piperidine rings is 1. The maximum Gasteiger partial charge on any atom is 0.341 e. The molecule has 1 aliphatic carbocycles. The van der Waals surface area contributed by atoms with Crippen LogP contribution >= 0.6 is 12.4 Å². The number of rotatable bonds is 9. The number of nitrogens with two attached hydrogens (primary N) is 1. The van der Waals surface area contributed by atoms with Crippen LogP contribution in [0.1, 0.15) is 48.5 Å². The maximum absolute atomic E-state index is 15.5. The first-order chi connectivity index (χ1) is 18.0. The Kier molecular flexibility index (Phi) is 9.18. The molecule has 1 aromatic carbocycles. The van der Waals surface area contributed by atoms with E-state index in [2.05, 4.69) is 5.32 Å². The monoisotopic (exact) mass is 570 g/mol. The number of carbonyl (C=O) groups excluding carboxylic acids is 1. The van der Waals surface area contributed by atoms with E-state index in [1.54, 1.807) is 9.47 Å². The largest absolute Gasteiger partial charge is 0.492 e. The summed E-state index contributed by atoms with van der Waals surface area (Å²) in [7, 11) is 1.32. The van der Waals surface area contributed by atoms with E-state index in [-0.39, 0.29) is 47.3 Å². The topological polar surface area (TPSA) is 164 Å². The maximum atomic E-state index is 15.5. The van der Waals surface area contributed by atoms with E-state index in [1.807, 2.05) is 0 Å². The first kappa shape index (κ1) is 29.8. The molecule has 1 saturated heterocycles. The van der Waals surface area contributed by atoms with Crippen molar-refractivity contribution in [2.24, 2.45) is 5.73 Å². The molecular formula is C25H29ClF2N4O7. The summed E-state index contributed by atoms with van der Waals surface area (Å²) in [5, 5.41) is 20.4. The highest BCUT2D eigenvalue weighted by Gasteiger charge is 2.32. The van der Waals surface area contributed by atoms with Gasteiger partial charge in [0, 0.05) is 25.3 Å². The number of pyridine rings is 1. The number of aromatic carboxylic acids is 1. The molecule has 14 heteroatoms. The van der Waals surface area contributed by atoms with Gasteiger partial charge in [-0.15, -0.1) is 12.4 Å². The van der Waals surface area contributed by atoms with Gasteiger partial charge in [0.15, 0.2) is 11.6 Å². The summed E-state index contributed by atoms with van der Waals surface area (Å²) in [4.78, 5) is 48.8. The summed E-state index contributed by atoms with van der Waals surface area (Å²) in [6, 6.07) is -0.386. The number of anilines is 1. The van der Waals surface area contributed by atoms with Gasteiger partial charge in [0.2, 0.25) is 11.3 Å². The Morgan fingerprint density at radius 2 is 1.97 bits per heavy atom. The fraction of sp³-hybridized carbons (Fsp3) is 0.440. The second kappa shape index (κ2) is 12.0. The first-order valence-electron chi connectivity index (χ1n) is 12.1. The third kappa shape index (κ3) is 6.14. The molecule has 2 heterocycles. The van der Waals surface area contributed by atoms with Crippen molar-refractivity contribution in [1.82, 2.24) is 9.88 Å². The Morgan fingerprint density at radius 3 is 2.56 bits per heavy atom. The number of carboxylic acid groups (broad SMARTS) is 2. The fourth-order valence-corrected chi connectivity index (χ4v) is 4.71. The van der Waals surface area contributed by atoms with Gasteiger partial charge in [-0.2, -0.15) is 0 Å². The second-order valence-corrected chi connectivity index (χ2v) is 9.41. The molecule has 1 aromatic heterocycles. The van der Waals surface area contributed by atoms with Crippen LogP contribution in [0.4, 0.5) is 14.5 Å². The molecule has 1 amide bonds. The van der Waals surface area contributed by atoms with Crippen LogP contribution in [0.2, 0.25) is 0 Å². The van der Waals surface area contributed by atoms with Gasteiger partial charge in [-0.1, -0.05) is 0 Å². The molecule has 1 saturated carbocycles. The Morgan fingerprint density at radius 1 is 1.28 bits per heavy atom. The average molecular weight is 571 g/mol. The number of hydrogen-bond acceptors (Lipinski definition) is 7. The van der Waals surface area contributed by atoms with Crippen molar-refractivity contribution in [3.05, 3.63) is 45.3 Å². The molecular weight excluding hydrogens is 542 g/mol. The SMILES string of the molecule is COc1c(N2CCCC(=C(F)CNC(=O)[C@@H](N)CC(=O)O)C2)c(F)cc2c(=O)c(C(=O)O)cn(C3CC3)c12.Cl. The van der Waals surface area contributed by atoms with Gasteiger partial charge in [0.1, 0.15) is 17.1 Å². The molecule has 0 unspecified atom stereocenters. The van der Waals surface area contributed by atoms with Crippen LogP contribution in [0, 0.1) is 5.82 Å². The number of fused-ring (bicyclic) bond motifs is 1. The molecule has 4 rings (SSSR count). The lowest BCUT2D eigenvalue weighted by molar-refractivity contribution is -0.139. The molecule has 2 aliphatic rings. The Labute approximate surface area is 227 Å². The smallest absolute Gasteiger partial charge is 0.341 e. The average Bonchev–Trinajstić information content (AvgIpc) is 3.71. The normalized spacial score (nSPS) is 17.3. The predicted octanol–water partition coefficient (Wildman–Crippen LogP) is 2.35. The number of halogens is 3. The van der Waals surface area contributed by atoms with Crippen LogP contribution in [-0.2, 0) is 9.59 Å². The fourth-order valence-electron chi connectivity index (χ4n) is 4.71. The minimum Gasteiger partial charge on any atom is -0.492 e. The quantitative estimate of drug-likeness (QED) is 0.354. The van der Waals surface area contributed by atoms with Crippen molar-refractivity contribution < 1.29 is 38.1 Å². The summed E-state index contributed by atoms with van der Waals surface area (Å²) in [5.41, 5.74) is 4.82. The van der Waals surface area contributed by atoms with E-state index < -0.39 is 59.5 Å². The first-order valence-corrected chi connectivity index (χ1v) is 12.1. The minimum atomic E-state index is -1.41. The zero-order valence-corrected chi connectivity index (χ0v) is 21.9. The number of aromatic nitrogens is 1. The van der Waals surface area contributed by atoms with Gasteiger partial charge in [-0.05, 0) is 37.3 Å². The Hall–Kier alpha value is -3.71. The predicted molar refractivity (Wildman–Crippen MR) is 140 cm³/mol. The number of amides is 1. The molecule has 11 nitrogen and oxygen atoms in total. The highest BCUT2D eigenvalue weighted by molar-refractivity contribution is 5.97. The van der Waals surface area contributed by atoms with E-state index in [0.29, 0.717) is 25.0 Å². The molecule has 2 aromatic rings. The lowest BCUT2D eigenvalue weighted by atomic mass is 10.0. The van der Waals surface area contributed by atoms with Gasteiger partial charge in [0.05, 0.1) is 37.0 Å². The van der Waals surface area contributed by atoms with Crippen molar-refractivity contribution in [2.75, 3.05) is 31.6 Å². The van der Waals surface area contributed by atoms with Crippen LogP contribution in [0.25, 0.3) is 10.9 Å². The standard InChI is InChI=1S/C25H28F2N4O7.ClH/c1-38-23-20-14(22(34)15(25(36)37)11-31(20)13-4-5-13)7-16(26)21(23)30-6-2-3-12(10-30)17(27)9-29-24(35)18(28)8-19(32)33;/h7,11,13,18H,2-6,8-10,28H2,1H3,(H,29,35)(H,32,33)(H,36,37);1H/t18-;/m0./s1. The van der Waals surface area contributed by atoms with E-state index in [9.17, 15) is 24.3 Å². The number of methoxy groups -OCH3 is 1. The van der Waals surface area contributed by atoms with Gasteiger partial charge in [0.25, 0.3) is 0 Å². The number of nitrogens with one attached hydrogen (secondary N) is 1. The van der Waals surface area contributed by atoms with Gasteiger partial charge in [-0.25, -0.2) is 13.6 Å². The van der Waals surface area contributed by atoms with Crippen LogP contribution in [0.3, 0.4) is 0 Å². The van der Waals surface area contributed by atoms with Crippen LogP contribution in [0.15, 0.2) is 28.5 Å². The number of aliphatic carboxylic acids is 1. The van der Waals surface area contributed by atoms with Crippen LogP contribution in [-0.4, -0.2) is 65.4 Å². The van der Waals surface area contributed by atoms with Crippen molar-refractivity contribution >= 4 is 46.8 Å². The third-order valence-corrected chi connectivity index (χ3v) is 6.71. The number of carbonyl (C=O) groups is 3. The molecule has 0 spiro atoms. The zero-order valence-electron chi connectivity index (χ0n) is 21.0. The van der Waals surface area contributed by atoms with Gasteiger partial charge >= 0.3 is 11.9 Å². The Balaban J connectivity index is 0.00000420. The number of nitrogens with zero attached hydrogens (tertiary/aromatic N) is 2. The summed E-state index contributed by atoms with van der Waals surface area (Å²) >= 11 is 0. The summed E-state index contributed by atoms with van der Waals surface area (Å²) < 4.78 is 37.8. The van der Waals surface area contributed by atoms with Crippen LogP contribution in [0.5, 0.6) is 5.75 Å². The summed E-state index contributed by atoms with van der Waals surface area (Å²) in [5.74, 6) is -4.89. The summed E-state index contributed by atoms with van der Waals surface area (Å²) in [6.07, 6.45) is 2.99. The molecule has 1 aliphatic heterocycles. The number of hydrogen-bond donors (Lipinski definition) is 4. The molecule has 2 fully saturated rings. The van der Waals surface area contributed by atoms with E-state index in [1.165, 1.54) is 13.3 Å². The third-order valence-electron chi connectivity index (χ3n) is 6.71. The number of carboxylic acids is 2. The van der Waals surface area contributed by atoms with Crippen molar-refractivity contribution in [3.63, 3.8) is 0 Å². The molecule has 1 atom stereocenters. The molecule has 39 heavy (non-hydrogen) atoms.